The zero-order valence-corrected chi connectivity index (χ0v) is 11.3. The average molecular weight is 299 g/mol. The molecule has 0 bridgehead atoms. The van der Waals surface area contributed by atoms with Gasteiger partial charge in [-0.05, 0) is 22.9 Å². The number of anilines is 1. The van der Waals surface area contributed by atoms with Crippen molar-refractivity contribution in [1.29, 1.82) is 0 Å². The van der Waals surface area contributed by atoms with Crippen LogP contribution in [-0.4, -0.2) is 6.09 Å². The molecule has 0 radical (unpaired) electrons. The summed E-state index contributed by atoms with van der Waals surface area (Å²) in [6.45, 7) is 0. The Kier molecular flexibility index (Phi) is 3.70. The van der Waals surface area contributed by atoms with Crippen molar-refractivity contribution in [2.24, 2.45) is 0 Å². The van der Waals surface area contributed by atoms with E-state index in [1.807, 2.05) is 30.3 Å². The van der Waals surface area contributed by atoms with Crippen LogP contribution in [0.2, 0.25) is 0 Å². The Balaban J connectivity index is 1.75. The molecule has 3 aromatic rings. The van der Waals surface area contributed by atoms with E-state index >= 15 is 0 Å². The lowest BCUT2D eigenvalue weighted by atomic mass is 10.1. The molecule has 0 unspecified atom stereocenters. The zero-order valence-electron chi connectivity index (χ0n) is 11.3. The highest BCUT2D eigenvalue weighted by Gasteiger charge is 2.08. The van der Waals surface area contributed by atoms with E-state index in [1.165, 1.54) is 0 Å². The topological polar surface area (TPSA) is 38.3 Å². The Labute approximate surface area is 125 Å². The van der Waals surface area contributed by atoms with E-state index in [4.69, 9.17) is 4.74 Å². The first kappa shape index (κ1) is 14.0. The molecule has 0 saturated heterocycles. The van der Waals surface area contributed by atoms with Gasteiger partial charge < -0.3 is 4.74 Å². The van der Waals surface area contributed by atoms with Crippen molar-refractivity contribution in [1.82, 2.24) is 0 Å². The average Bonchev–Trinajstić information content (AvgIpc) is 2.45. The minimum Gasteiger partial charge on any atom is -0.410 e. The highest BCUT2D eigenvalue weighted by atomic mass is 19.1. The van der Waals surface area contributed by atoms with Gasteiger partial charge >= 0.3 is 6.09 Å². The Morgan fingerprint density at radius 2 is 1.55 bits per heavy atom. The summed E-state index contributed by atoms with van der Waals surface area (Å²) in [7, 11) is 0. The third kappa shape index (κ3) is 3.20. The van der Waals surface area contributed by atoms with Gasteiger partial charge in [-0.1, -0.05) is 30.3 Å². The second kappa shape index (κ2) is 5.81. The van der Waals surface area contributed by atoms with Crippen LogP contribution in [0.3, 0.4) is 0 Å². The molecule has 0 aliphatic heterocycles. The van der Waals surface area contributed by atoms with Crippen LogP contribution in [0, 0.1) is 11.6 Å². The SMILES string of the molecule is O=C(Nc1ccc2ccccc2c1)Oc1cc(F)cc(F)c1. The van der Waals surface area contributed by atoms with Gasteiger partial charge in [0.1, 0.15) is 17.4 Å². The second-order valence-electron chi connectivity index (χ2n) is 4.68. The number of carbonyl (C=O) groups is 1. The lowest BCUT2D eigenvalue weighted by molar-refractivity contribution is 0.215. The molecule has 3 nitrogen and oxygen atoms in total. The first-order chi connectivity index (χ1) is 10.6. The number of halogens is 2. The van der Waals surface area contributed by atoms with E-state index in [0.29, 0.717) is 11.8 Å². The molecule has 0 heterocycles. The summed E-state index contributed by atoms with van der Waals surface area (Å²) in [6.07, 6.45) is -0.819. The number of nitrogens with one attached hydrogen (secondary N) is 1. The largest absolute Gasteiger partial charge is 0.417 e. The van der Waals surface area contributed by atoms with Gasteiger partial charge in [-0.25, -0.2) is 13.6 Å². The molecular formula is C17H11F2NO2. The summed E-state index contributed by atoms with van der Waals surface area (Å²) < 4.78 is 30.9. The van der Waals surface area contributed by atoms with Crippen LogP contribution in [0.5, 0.6) is 5.75 Å². The second-order valence-corrected chi connectivity index (χ2v) is 4.68. The van der Waals surface area contributed by atoms with Gasteiger partial charge in [0.15, 0.2) is 0 Å². The van der Waals surface area contributed by atoms with Crippen LogP contribution < -0.4 is 10.1 Å². The van der Waals surface area contributed by atoms with Crippen molar-refractivity contribution in [3.63, 3.8) is 0 Å². The number of hydrogen-bond acceptors (Lipinski definition) is 2. The van der Waals surface area contributed by atoms with Gasteiger partial charge in [0.25, 0.3) is 0 Å². The fourth-order valence-corrected chi connectivity index (χ4v) is 2.10. The fourth-order valence-electron chi connectivity index (χ4n) is 2.10. The maximum Gasteiger partial charge on any atom is 0.417 e. The molecule has 22 heavy (non-hydrogen) atoms. The first-order valence-electron chi connectivity index (χ1n) is 6.54. The molecular weight excluding hydrogens is 288 g/mol. The Hall–Kier alpha value is -2.95. The van der Waals surface area contributed by atoms with E-state index in [-0.39, 0.29) is 5.75 Å². The predicted octanol–water partition coefficient (Wildman–Crippen LogP) is 4.73. The number of benzene rings is 3. The van der Waals surface area contributed by atoms with Crippen LogP contribution in [0.25, 0.3) is 10.8 Å². The van der Waals surface area contributed by atoms with Gasteiger partial charge in [-0.3, -0.25) is 5.32 Å². The van der Waals surface area contributed by atoms with Crippen molar-refractivity contribution in [2.75, 3.05) is 5.32 Å². The maximum atomic E-state index is 13.0. The van der Waals surface area contributed by atoms with Crippen LogP contribution in [0.4, 0.5) is 19.3 Å². The van der Waals surface area contributed by atoms with Crippen molar-refractivity contribution in [3.8, 4) is 5.75 Å². The number of ether oxygens (including phenoxy) is 1. The molecule has 0 saturated carbocycles. The van der Waals surface area contributed by atoms with Gasteiger partial charge in [-0.15, -0.1) is 0 Å². The van der Waals surface area contributed by atoms with Gasteiger partial charge in [0.2, 0.25) is 0 Å². The van der Waals surface area contributed by atoms with Gasteiger partial charge in [0.05, 0.1) is 0 Å². The molecule has 0 atom stereocenters. The number of fused-ring (bicyclic) bond motifs is 1. The fraction of sp³-hybridized carbons (Fsp3) is 0. The number of rotatable bonds is 2. The minimum atomic E-state index is -0.819. The van der Waals surface area contributed by atoms with E-state index in [1.54, 1.807) is 12.1 Å². The van der Waals surface area contributed by atoms with Crippen LogP contribution in [0.1, 0.15) is 0 Å². The molecule has 0 spiro atoms. The highest BCUT2D eigenvalue weighted by Crippen LogP contribution is 2.20. The molecule has 3 rings (SSSR count). The number of hydrogen-bond donors (Lipinski definition) is 1. The van der Waals surface area contributed by atoms with Crippen LogP contribution in [0.15, 0.2) is 60.7 Å². The van der Waals surface area contributed by atoms with Crippen molar-refractivity contribution in [2.45, 2.75) is 0 Å². The third-order valence-corrected chi connectivity index (χ3v) is 3.04. The van der Waals surface area contributed by atoms with E-state index < -0.39 is 17.7 Å². The standard InChI is InChI=1S/C17H11F2NO2/c18-13-8-14(19)10-16(9-13)22-17(21)20-15-6-5-11-3-1-2-4-12(11)7-15/h1-10H,(H,20,21). The predicted molar refractivity (Wildman–Crippen MR) is 80.0 cm³/mol. The molecule has 1 N–H and O–H groups in total. The van der Waals surface area contributed by atoms with Crippen LogP contribution in [-0.2, 0) is 0 Å². The highest BCUT2D eigenvalue weighted by molar-refractivity contribution is 5.91. The molecule has 0 aliphatic rings. The maximum absolute atomic E-state index is 13.0. The smallest absolute Gasteiger partial charge is 0.410 e. The summed E-state index contributed by atoms with van der Waals surface area (Å²) in [5.74, 6) is -1.82. The van der Waals surface area contributed by atoms with E-state index in [0.717, 1.165) is 22.9 Å². The zero-order chi connectivity index (χ0) is 15.5. The molecule has 3 aromatic carbocycles. The summed E-state index contributed by atoms with van der Waals surface area (Å²) in [6, 6.07) is 15.6. The molecule has 110 valence electrons. The quantitative estimate of drug-likeness (QED) is 0.743. The lowest BCUT2D eigenvalue weighted by Gasteiger charge is -2.08. The van der Waals surface area contributed by atoms with E-state index in [9.17, 15) is 13.6 Å². The Morgan fingerprint density at radius 3 is 2.27 bits per heavy atom. The lowest BCUT2D eigenvalue weighted by Crippen LogP contribution is -2.16. The molecule has 0 aromatic heterocycles. The number of carbonyl (C=O) groups excluding carboxylic acids is 1. The normalized spacial score (nSPS) is 10.5. The molecule has 0 fully saturated rings. The van der Waals surface area contributed by atoms with Crippen molar-refractivity contribution in [3.05, 3.63) is 72.3 Å². The van der Waals surface area contributed by atoms with Gasteiger partial charge in [0, 0.05) is 23.9 Å². The first-order valence-corrected chi connectivity index (χ1v) is 6.54. The van der Waals surface area contributed by atoms with Crippen LogP contribution >= 0.6 is 0 Å². The van der Waals surface area contributed by atoms with Crippen molar-refractivity contribution < 1.29 is 18.3 Å². The Bertz CT molecular complexity index is 829. The monoisotopic (exact) mass is 299 g/mol. The minimum absolute atomic E-state index is 0.198. The summed E-state index contributed by atoms with van der Waals surface area (Å²) in [5.41, 5.74) is 0.528. The molecule has 5 heteroatoms. The Morgan fingerprint density at radius 1 is 0.864 bits per heavy atom. The molecule has 1 amide bonds. The third-order valence-electron chi connectivity index (χ3n) is 3.04. The van der Waals surface area contributed by atoms with Crippen molar-refractivity contribution >= 4 is 22.6 Å². The summed E-state index contributed by atoms with van der Waals surface area (Å²) in [4.78, 5) is 11.8. The van der Waals surface area contributed by atoms with Gasteiger partial charge in [-0.2, -0.15) is 0 Å². The number of amides is 1. The van der Waals surface area contributed by atoms with E-state index in [2.05, 4.69) is 5.32 Å². The molecule has 0 aliphatic carbocycles. The summed E-state index contributed by atoms with van der Waals surface area (Å²) in [5, 5.41) is 4.51. The summed E-state index contributed by atoms with van der Waals surface area (Å²) >= 11 is 0.